The first-order chi connectivity index (χ1) is 21.0. The predicted molar refractivity (Wildman–Crippen MR) is 178 cm³/mol. The molecule has 0 saturated carbocycles. The largest absolute Gasteiger partial charge is 0.544 e. The molecule has 0 radical (unpaired) electrons. The van der Waals surface area contributed by atoms with Crippen molar-refractivity contribution in [1.82, 2.24) is 9.97 Å². The Balaban J connectivity index is 0.000000327. The number of nitrogens with zero attached hydrogens (tertiary/aromatic N) is 4. The molecule has 2 amide bonds. The fraction of sp³-hybridized carbons (Fsp3) is 0.308. The van der Waals surface area contributed by atoms with E-state index in [1.807, 2.05) is 0 Å². The molecule has 0 spiro atoms. The van der Waals surface area contributed by atoms with E-state index < -0.39 is 38.8 Å². The zero-order chi connectivity index (χ0) is 34.4. The summed E-state index contributed by atoms with van der Waals surface area (Å²) in [4.78, 5) is 35.2. The van der Waals surface area contributed by atoms with Gasteiger partial charge in [0, 0.05) is 0 Å². The number of carbonyl (C=O) groups is 2. The Morgan fingerprint density at radius 1 is 0.956 bits per heavy atom. The molecule has 3 aromatic rings. The minimum absolute atomic E-state index is 0.0316. The van der Waals surface area contributed by atoms with Gasteiger partial charge in [-0.25, -0.2) is 19.6 Å². The summed E-state index contributed by atoms with van der Waals surface area (Å²) in [6, 6.07) is 14.3. The maximum atomic E-state index is 12.1. The number of ether oxygens (including phenoxy) is 2. The van der Waals surface area contributed by atoms with Gasteiger partial charge in [0.05, 0.1) is 43.3 Å². The van der Waals surface area contributed by atoms with E-state index in [1.165, 1.54) is 40.6 Å². The van der Waals surface area contributed by atoms with Gasteiger partial charge in [0.15, 0.2) is 0 Å². The van der Waals surface area contributed by atoms with Crippen molar-refractivity contribution in [3.8, 4) is 0 Å². The van der Waals surface area contributed by atoms with Crippen LogP contribution in [0.25, 0.3) is 0 Å². The van der Waals surface area contributed by atoms with E-state index >= 15 is 0 Å². The molecular weight excluding hydrogens is 895 g/mol. The van der Waals surface area contributed by atoms with Crippen LogP contribution in [0.5, 0.6) is 0 Å². The van der Waals surface area contributed by atoms with Crippen molar-refractivity contribution in [2.24, 2.45) is 0 Å². The van der Waals surface area contributed by atoms with Gasteiger partial charge in [-0.2, -0.15) is 9.90 Å². The Labute approximate surface area is 292 Å². The Morgan fingerprint density at radius 2 is 1.44 bits per heavy atom. The quantitative estimate of drug-likeness (QED) is 0.0901. The normalized spacial score (nSPS) is 13.3. The summed E-state index contributed by atoms with van der Waals surface area (Å²) >= 11 is 14.4. The molecule has 0 bridgehead atoms. The van der Waals surface area contributed by atoms with Crippen LogP contribution in [0.15, 0.2) is 70.1 Å². The van der Waals surface area contributed by atoms with Crippen LogP contribution in [0.1, 0.15) is 19.4 Å². The van der Waals surface area contributed by atoms with Crippen LogP contribution in [-0.4, -0.2) is 58.2 Å². The van der Waals surface area contributed by atoms with Gasteiger partial charge in [-0.05, 0) is 56.1 Å². The monoisotopic (exact) mass is 920 g/mol. The molecule has 4 rings (SSSR count). The average Bonchev–Trinajstić information content (AvgIpc) is 3.24. The Bertz CT molecular complexity index is 1370. The number of fused-ring (bicyclic) bond motifs is 1. The molecule has 3 heterocycles. The van der Waals surface area contributed by atoms with Crippen molar-refractivity contribution in [2.45, 2.75) is 25.8 Å². The van der Waals surface area contributed by atoms with Crippen LogP contribution < -0.4 is 10.1 Å². The third kappa shape index (κ3) is 14.1. The number of carbonyl (C=O) groups excluding carboxylic acids is 2. The standard InChI is InChI=1S/C10H13IO.C8H6BrF3N2O3.C7H7BrN2O3.CH2Cl2/c1-10(2)8-6-4-5-7-9(8)11(3)12-10;1-16-7(15)14(17-8(10,11)12)5-2-3-6(9)13-4-5;1-13-7(11)10(12)5-2-3-6(8)9-4-5;2-1-3/h4-7H,1-3H3;2-4H,1H3;2-4,12H,1H3;1H2. The number of aromatic nitrogens is 2. The molecule has 45 heavy (non-hydrogen) atoms. The predicted octanol–water partition coefficient (Wildman–Crippen LogP) is 9.27. The number of halogens is 8. The van der Waals surface area contributed by atoms with Gasteiger partial charge in [-0.3, -0.25) is 5.21 Å². The summed E-state index contributed by atoms with van der Waals surface area (Å²) in [5.41, 5.74) is 1.40. The third-order valence-electron chi connectivity index (χ3n) is 4.90. The summed E-state index contributed by atoms with van der Waals surface area (Å²) in [6.07, 6.45) is -4.83. The summed E-state index contributed by atoms with van der Waals surface area (Å²) < 4.78 is 53.1. The molecule has 0 atom stereocenters. The smallest absolute Gasteiger partial charge is 0.451 e. The first kappa shape index (κ1) is 41.0. The minimum Gasteiger partial charge on any atom is -0.451 e. The van der Waals surface area contributed by atoms with Gasteiger partial charge in [-0.15, -0.1) is 41.4 Å². The second-order valence-electron chi connectivity index (χ2n) is 8.35. The first-order valence-corrected chi connectivity index (χ1v) is 18.7. The molecule has 250 valence electrons. The fourth-order valence-corrected chi connectivity index (χ4v) is 8.07. The van der Waals surface area contributed by atoms with Crippen LogP contribution in [0.4, 0.5) is 34.1 Å². The van der Waals surface area contributed by atoms with E-state index in [-0.39, 0.29) is 27.4 Å². The molecule has 19 heteroatoms. The van der Waals surface area contributed by atoms with Gasteiger partial charge < -0.3 is 9.47 Å². The Kier molecular flexibility index (Phi) is 17.9. The zero-order valence-electron chi connectivity index (χ0n) is 24.2. The van der Waals surface area contributed by atoms with E-state index in [4.69, 9.17) is 26.3 Å². The van der Waals surface area contributed by atoms with Crippen molar-refractivity contribution >= 4 is 98.9 Å². The molecule has 1 aliphatic heterocycles. The number of hydrogen-bond donors (Lipinski definition) is 1. The van der Waals surface area contributed by atoms with Gasteiger partial charge >= 0.3 is 99.6 Å². The van der Waals surface area contributed by atoms with Crippen molar-refractivity contribution < 1.29 is 45.3 Å². The van der Waals surface area contributed by atoms with Crippen molar-refractivity contribution in [1.29, 1.82) is 0 Å². The van der Waals surface area contributed by atoms with Crippen LogP contribution >= 0.6 is 75.3 Å². The number of anilines is 2. The number of pyridine rings is 2. The summed E-state index contributed by atoms with van der Waals surface area (Å²) in [5, 5.41) is 9.71. The number of alkyl halides is 6. The first-order valence-electron chi connectivity index (χ1n) is 12.0. The Morgan fingerprint density at radius 3 is 1.87 bits per heavy atom. The van der Waals surface area contributed by atoms with E-state index in [2.05, 4.69) is 99.2 Å². The summed E-state index contributed by atoms with van der Waals surface area (Å²) in [5.74, 6) is 0. The number of rotatable bonds is 3. The summed E-state index contributed by atoms with van der Waals surface area (Å²) in [7, 11) is 2.11. The molecule has 0 aliphatic carbocycles. The molecule has 0 unspecified atom stereocenters. The number of benzene rings is 1. The second-order valence-corrected chi connectivity index (χ2v) is 14.8. The van der Waals surface area contributed by atoms with E-state index in [1.54, 1.807) is 6.07 Å². The zero-order valence-corrected chi connectivity index (χ0v) is 31.0. The second kappa shape index (κ2) is 19.6. The third-order valence-corrected chi connectivity index (χ3v) is 10.2. The molecule has 1 N–H and O–H groups in total. The number of hydrogen-bond acceptors (Lipinski definition) is 9. The van der Waals surface area contributed by atoms with Crippen molar-refractivity contribution in [3.63, 3.8) is 0 Å². The topological polar surface area (TPSA) is 124 Å². The van der Waals surface area contributed by atoms with Gasteiger partial charge in [0.1, 0.15) is 9.21 Å². The average molecular weight is 923 g/mol. The van der Waals surface area contributed by atoms with Crippen LogP contribution in [0.3, 0.4) is 0 Å². The molecule has 11 nitrogen and oxygen atoms in total. The molecule has 2 aromatic heterocycles. The fourth-order valence-electron chi connectivity index (χ4n) is 3.11. The molecule has 1 aliphatic rings. The van der Waals surface area contributed by atoms with E-state index in [9.17, 15) is 28.0 Å². The SMILES string of the molecule is CI1OC(C)(C)c2ccccc21.COC(=O)N(O)c1ccc(Br)nc1.COC(=O)N(OC(F)(F)F)c1ccc(Br)nc1.ClCCl. The molecule has 0 saturated heterocycles. The van der Waals surface area contributed by atoms with Crippen LogP contribution in [0.2, 0.25) is 0 Å². The van der Waals surface area contributed by atoms with Gasteiger partial charge in [-0.1, -0.05) is 0 Å². The maximum Gasteiger partial charge on any atom is 0.544 e. The van der Waals surface area contributed by atoms with Crippen molar-refractivity contribution in [3.05, 3.63) is 79.3 Å². The Hall–Kier alpha value is -2.00. The van der Waals surface area contributed by atoms with Crippen molar-refractivity contribution in [2.75, 3.05) is 34.6 Å². The molecule has 0 fully saturated rings. The number of amides is 2. The van der Waals surface area contributed by atoms with Gasteiger partial charge in [0.25, 0.3) is 0 Å². The number of hydroxylamine groups is 2. The maximum absolute atomic E-state index is 12.1. The van der Waals surface area contributed by atoms with Crippen LogP contribution in [-0.2, 0) is 23.0 Å². The van der Waals surface area contributed by atoms with E-state index in [0.29, 0.717) is 14.3 Å². The number of methoxy groups -OCH3 is 2. The van der Waals surface area contributed by atoms with E-state index in [0.717, 1.165) is 13.3 Å². The molecular formula is C26H28Br2Cl2F3IN4O7. The van der Waals surface area contributed by atoms with Gasteiger partial charge in [0.2, 0.25) is 0 Å². The minimum atomic E-state index is -5.01. The van der Waals surface area contributed by atoms with Crippen LogP contribution in [0, 0.1) is 3.57 Å². The molecule has 1 aromatic carbocycles. The summed E-state index contributed by atoms with van der Waals surface area (Å²) in [6.45, 7) is 4.32.